The highest BCUT2D eigenvalue weighted by atomic mass is 16.6. The van der Waals surface area contributed by atoms with Crippen molar-refractivity contribution >= 4 is 35.8 Å². The third-order valence-corrected chi connectivity index (χ3v) is 9.59. The predicted octanol–water partition coefficient (Wildman–Crippen LogP) is 4.62. The van der Waals surface area contributed by atoms with Gasteiger partial charge in [-0.1, -0.05) is 53.0 Å². The van der Waals surface area contributed by atoms with E-state index in [9.17, 15) is 28.8 Å². The van der Waals surface area contributed by atoms with Crippen LogP contribution >= 0.6 is 0 Å². The molecule has 12 nitrogen and oxygen atoms in total. The Morgan fingerprint density at radius 1 is 0.500 bits per heavy atom. The van der Waals surface area contributed by atoms with Crippen molar-refractivity contribution in [1.29, 1.82) is 0 Å². The lowest BCUT2D eigenvalue weighted by molar-refractivity contribution is -0.173. The maximum atomic E-state index is 13.6. The fourth-order valence-electron chi connectivity index (χ4n) is 6.22. The van der Waals surface area contributed by atoms with Crippen molar-refractivity contribution in [2.24, 2.45) is 34.5 Å². The maximum absolute atomic E-state index is 13.6. The van der Waals surface area contributed by atoms with Crippen LogP contribution in [0.5, 0.6) is 0 Å². The van der Waals surface area contributed by atoms with Gasteiger partial charge < -0.3 is 28.4 Å². The van der Waals surface area contributed by atoms with E-state index in [2.05, 4.69) is 26.3 Å². The third kappa shape index (κ3) is 11.5. The summed E-state index contributed by atoms with van der Waals surface area (Å²) in [7, 11) is 0. The molecule has 0 spiro atoms. The van der Waals surface area contributed by atoms with Gasteiger partial charge in [-0.3, -0.25) is 9.59 Å². The normalized spacial score (nSPS) is 20.5. The fraction of sp³-hybridized carbons (Fsp3) is 0.611. The number of rotatable bonds is 20. The first-order valence-corrected chi connectivity index (χ1v) is 16.4. The highest BCUT2D eigenvalue weighted by Crippen LogP contribution is 2.48. The molecular formula is C36H50O12. The van der Waals surface area contributed by atoms with E-state index < -0.39 is 58.5 Å². The Labute approximate surface area is 282 Å². The van der Waals surface area contributed by atoms with Gasteiger partial charge in [-0.2, -0.15) is 0 Å². The average Bonchev–Trinajstić information content (AvgIpc) is 3.13. The Hall–Kier alpha value is -4.22. The molecule has 4 unspecified atom stereocenters. The summed E-state index contributed by atoms with van der Waals surface area (Å²) in [6.45, 7) is 16.3. The van der Waals surface area contributed by atoms with Crippen molar-refractivity contribution in [3.8, 4) is 0 Å². The molecule has 2 fully saturated rings. The van der Waals surface area contributed by atoms with Gasteiger partial charge in [-0.25, -0.2) is 19.2 Å². The molecule has 12 heteroatoms. The van der Waals surface area contributed by atoms with Crippen LogP contribution in [0.2, 0.25) is 0 Å². The molecular weight excluding hydrogens is 624 g/mol. The minimum atomic E-state index is -0.980. The molecule has 266 valence electrons. The highest BCUT2D eigenvalue weighted by Gasteiger charge is 2.48. The van der Waals surface area contributed by atoms with Crippen molar-refractivity contribution in [2.45, 2.75) is 65.2 Å². The van der Waals surface area contributed by atoms with E-state index in [1.54, 1.807) is 0 Å². The van der Waals surface area contributed by atoms with Crippen molar-refractivity contribution in [1.82, 2.24) is 0 Å². The molecule has 2 saturated carbocycles. The van der Waals surface area contributed by atoms with Crippen LogP contribution < -0.4 is 0 Å². The molecule has 0 radical (unpaired) electrons. The largest absolute Gasteiger partial charge is 0.465 e. The Kier molecular flexibility index (Phi) is 16.3. The zero-order valence-corrected chi connectivity index (χ0v) is 28.2. The molecule has 4 atom stereocenters. The Morgan fingerprint density at radius 3 is 1.02 bits per heavy atom. The van der Waals surface area contributed by atoms with E-state index in [0.29, 0.717) is 25.7 Å². The zero-order chi connectivity index (χ0) is 35.7. The van der Waals surface area contributed by atoms with E-state index in [0.717, 1.165) is 50.0 Å². The Balaban J connectivity index is 2.15. The first kappa shape index (κ1) is 40.0. The van der Waals surface area contributed by atoms with Gasteiger partial charge in [0, 0.05) is 24.3 Å². The number of fused-ring (bicyclic) bond motifs is 1. The summed E-state index contributed by atoms with van der Waals surface area (Å²) < 4.78 is 32.7. The molecule has 0 aromatic rings. The van der Waals surface area contributed by atoms with E-state index in [1.165, 1.54) is 0 Å². The van der Waals surface area contributed by atoms with Crippen molar-refractivity contribution < 1.29 is 57.2 Å². The van der Waals surface area contributed by atoms with Gasteiger partial charge in [0.1, 0.15) is 39.6 Å². The molecule has 0 N–H and O–H groups in total. The molecule has 0 bridgehead atoms. The number of carbonyl (C=O) groups excluding carboxylic acids is 6. The summed E-state index contributed by atoms with van der Waals surface area (Å²) >= 11 is 0. The predicted molar refractivity (Wildman–Crippen MR) is 174 cm³/mol. The monoisotopic (exact) mass is 674 g/mol. The first-order valence-electron chi connectivity index (χ1n) is 16.4. The van der Waals surface area contributed by atoms with Gasteiger partial charge in [0.05, 0.1) is 22.7 Å². The molecule has 2 rings (SSSR count). The lowest BCUT2D eigenvalue weighted by Crippen LogP contribution is -2.46. The van der Waals surface area contributed by atoms with E-state index in [1.807, 2.05) is 13.8 Å². The molecule has 0 saturated heterocycles. The zero-order valence-electron chi connectivity index (χ0n) is 28.2. The van der Waals surface area contributed by atoms with Crippen LogP contribution in [0.25, 0.3) is 0 Å². The minimum Gasteiger partial charge on any atom is -0.465 e. The summed E-state index contributed by atoms with van der Waals surface area (Å²) in [6, 6.07) is 0. The number of hydrogen-bond donors (Lipinski definition) is 0. The quantitative estimate of drug-likeness (QED) is 0.100. The van der Waals surface area contributed by atoms with Gasteiger partial charge in [-0.15, -0.1) is 0 Å². The SMILES string of the molecule is C=CC(=O)OCC(CC)(COC(=O)C=C)COC(=O)C1CCC(C(=O)OCC(CC)(COC(=O)C=C)COC(=O)C=C)C2CCCCC12. The third-order valence-electron chi connectivity index (χ3n) is 9.59. The van der Waals surface area contributed by atoms with E-state index >= 15 is 0 Å². The van der Waals surface area contributed by atoms with Gasteiger partial charge in [0.15, 0.2) is 0 Å². The smallest absolute Gasteiger partial charge is 0.330 e. The van der Waals surface area contributed by atoms with Crippen molar-refractivity contribution in [3.63, 3.8) is 0 Å². The van der Waals surface area contributed by atoms with E-state index in [4.69, 9.17) is 28.4 Å². The van der Waals surface area contributed by atoms with Gasteiger partial charge in [0.2, 0.25) is 0 Å². The summed E-state index contributed by atoms with van der Waals surface area (Å²) in [5.74, 6) is -4.58. The standard InChI is InChI=1S/C36H50O12/c1-7-29(37)43-19-35(11-5,20-44-30(38)8-2)23-47-33(41)27-17-18-28(26-16-14-13-15-25(26)27)34(42)48-24-36(12-6,21-45-31(39)9-3)22-46-32(40)10-4/h7-10,25-28H,1-4,11-24H2,5-6H3. The minimum absolute atomic E-state index is 0.108. The number of carbonyl (C=O) groups is 6. The molecule has 2 aliphatic rings. The molecule has 0 aliphatic heterocycles. The van der Waals surface area contributed by atoms with Crippen LogP contribution in [0.4, 0.5) is 0 Å². The van der Waals surface area contributed by atoms with Crippen LogP contribution in [0, 0.1) is 34.5 Å². The van der Waals surface area contributed by atoms with Gasteiger partial charge >= 0.3 is 35.8 Å². The van der Waals surface area contributed by atoms with Crippen LogP contribution in [0.1, 0.15) is 65.2 Å². The highest BCUT2D eigenvalue weighted by molar-refractivity contribution is 5.82. The Bertz CT molecular complexity index is 1060. The second-order valence-corrected chi connectivity index (χ2v) is 12.6. The maximum Gasteiger partial charge on any atom is 0.330 e. The van der Waals surface area contributed by atoms with Crippen LogP contribution in [-0.4, -0.2) is 75.5 Å². The molecule has 0 amide bonds. The molecule has 2 aliphatic carbocycles. The number of ether oxygens (including phenoxy) is 6. The summed E-state index contributed by atoms with van der Waals surface area (Å²) in [4.78, 5) is 74.4. The molecule has 0 heterocycles. The van der Waals surface area contributed by atoms with Gasteiger partial charge in [-0.05, 0) is 50.4 Å². The fourth-order valence-corrected chi connectivity index (χ4v) is 6.22. The lowest BCUT2D eigenvalue weighted by atomic mass is 9.61. The molecule has 48 heavy (non-hydrogen) atoms. The summed E-state index contributed by atoms with van der Waals surface area (Å²) in [6.07, 6.45) is 8.94. The van der Waals surface area contributed by atoms with E-state index in [-0.39, 0.29) is 51.5 Å². The van der Waals surface area contributed by atoms with Crippen LogP contribution in [0.3, 0.4) is 0 Å². The van der Waals surface area contributed by atoms with Crippen LogP contribution in [-0.2, 0) is 57.2 Å². The average molecular weight is 675 g/mol. The van der Waals surface area contributed by atoms with Crippen LogP contribution in [0.15, 0.2) is 50.6 Å². The molecule has 0 aromatic carbocycles. The number of esters is 6. The Morgan fingerprint density at radius 2 is 0.771 bits per heavy atom. The lowest BCUT2D eigenvalue weighted by Gasteiger charge is -2.44. The second kappa shape index (κ2) is 19.6. The van der Waals surface area contributed by atoms with Crippen molar-refractivity contribution in [2.75, 3.05) is 39.6 Å². The van der Waals surface area contributed by atoms with Crippen molar-refractivity contribution in [3.05, 3.63) is 50.6 Å². The van der Waals surface area contributed by atoms with Gasteiger partial charge in [0.25, 0.3) is 0 Å². The first-order chi connectivity index (χ1) is 22.9. The summed E-state index contributed by atoms with van der Waals surface area (Å²) in [5.41, 5.74) is -1.96. The summed E-state index contributed by atoms with van der Waals surface area (Å²) in [5, 5.41) is 0. The second-order valence-electron chi connectivity index (χ2n) is 12.6. The molecule has 0 aromatic heterocycles. The number of hydrogen-bond acceptors (Lipinski definition) is 12. The topological polar surface area (TPSA) is 158 Å².